The number of nitriles is 1. The van der Waals surface area contributed by atoms with E-state index in [1.165, 1.54) is 0 Å². The zero-order valence-electron chi connectivity index (χ0n) is 45.3. The molecule has 0 fully saturated rings. The van der Waals surface area contributed by atoms with Gasteiger partial charge in [-0.25, -0.2) is 4.98 Å². The summed E-state index contributed by atoms with van der Waals surface area (Å²) in [5, 5.41) is 53.1. The number of anilines is 2. The molecule has 13 rings (SSSR count). The molecule has 4 aromatic carbocycles. The molecule has 0 aliphatic rings. The SMILES string of the molecule is Cc1cc(-c2ccncc2)cc(C)c1O.Cc1cc(-c2ccncc2)cc(C)c1Oc1nc(Cl)nc2n[nH]nc12.Cc1cc(-c2ccncc2)cc(C)c1Oc1nc(Nc2ccc(C#N)cc2)nc2n[nH]nc12.Clc1nc(Cl)c2n[nH]nc2n1. The number of aromatic hydroxyl groups is 1. The summed E-state index contributed by atoms with van der Waals surface area (Å²) in [5.41, 5.74) is 15.9. The third-order valence-electron chi connectivity index (χ3n) is 12.5. The first-order valence-electron chi connectivity index (χ1n) is 25.3. The highest BCUT2D eigenvalue weighted by atomic mass is 35.5. The minimum Gasteiger partial charge on any atom is -0.507 e. The standard InChI is InChI=1S/C24H18N8O.C17H13ClN6O.C13H13NO.C4HCl2N5/c1-14-11-18(17-7-9-26-10-8-17)12-15(2)21(14)33-23-20-22(31-32-30-20)28-24(29-23)27-19-5-3-16(13-25)4-6-19;1-9-7-12(11-3-5-19-6-4-11)8-10(2)14(9)25-16-13-15(23-24-22-13)20-17(18)21-16;1-9-7-12(8-10(2)13(9)15)11-3-5-14-6-4-11;5-2-1-3(10-11-9-1)8-4(6)7-2/h3-12H,1-2H3,(H2,27,28,29,30,31,32);3-8H,1-2H3,(H,20,21,22,23,24);3-8,15H,1-2H3;(H,7,8,9,10,11). The van der Waals surface area contributed by atoms with E-state index >= 15 is 0 Å². The maximum absolute atomic E-state index is 9.67. The van der Waals surface area contributed by atoms with Crippen LogP contribution in [0.1, 0.15) is 38.9 Å². The Bertz CT molecular complexity index is 4440. The van der Waals surface area contributed by atoms with Crippen molar-refractivity contribution in [2.75, 3.05) is 5.32 Å². The van der Waals surface area contributed by atoms with Gasteiger partial charge in [0.25, 0.3) is 11.8 Å². The summed E-state index contributed by atoms with van der Waals surface area (Å²) in [4.78, 5) is 36.6. The Kier molecular flexibility index (Phi) is 17.1. The number of nitrogens with one attached hydrogen (secondary N) is 4. The van der Waals surface area contributed by atoms with Gasteiger partial charge in [-0.1, -0.05) is 11.6 Å². The second kappa shape index (κ2) is 25.4. The molecule has 0 saturated heterocycles. The van der Waals surface area contributed by atoms with Gasteiger partial charge in [-0.15, -0.1) is 25.5 Å². The van der Waals surface area contributed by atoms with Gasteiger partial charge in [0, 0.05) is 42.9 Å². The Balaban J connectivity index is 0.000000135. The summed E-state index contributed by atoms with van der Waals surface area (Å²) in [7, 11) is 0. The van der Waals surface area contributed by atoms with Crippen molar-refractivity contribution in [3.63, 3.8) is 0 Å². The number of aromatic nitrogens is 18. The van der Waals surface area contributed by atoms with Crippen LogP contribution in [-0.4, -0.2) is 96.2 Å². The van der Waals surface area contributed by atoms with Crippen molar-refractivity contribution in [3.05, 3.63) is 189 Å². The smallest absolute Gasteiger partial charge is 0.254 e. The average Bonchev–Trinajstić information content (AvgIpc) is 4.24. The van der Waals surface area contributed by atoms with Gasteiger partial charge in [0.15, 0.2) is 21.7 Å². The summed E-state index contributed by atoms with van der Waals surface area (Å²) in [5.74, 6) is 2.64. The van der Waals surface area contributed by atoms with E-state index in [1.54, 1.807) is 61.4 Å². The number of hydrogen-bond acceptors (Lipinski definition) is 20. The average molecular weight is 1180 g/mol. The zero-order valence-corrected chi connectivity index (χ0v) is 47.5. The molecule has 0 aliphatic heterocycles. The van der Waals surface area contributed by atoms with E-state index in [9.17, 15) is 5.11 Å². The first kappa shape index (κ1) is 56.6. The fourth-order valence-corrected chi connectivity index (χ4v) is 9.14. The molecule has 84 heavy (non-hydrogen) atoms. The lowest BCUT2D eigenvalue weighted by molar-refractivity contribution is 0.460. The molecular formula is C58H45Cl3N20O3. The first-order valence-corrected chi connectivity index (χ1v) is 26.4. The molecular weight excluding hydrogens is 1130 g/mol. The molecule has 0 radical (unpaired) electrons. The lowest BCUT2D eigenvalue weighted by atomic mass is 10.0. The van der Waals surface area contributed by atoms with E-state index < -0.39 is 0 Å². The number of pyridine rings is 3. The number of hydrogen-bond donors (Lipinski definition) is 5. The van der Waals surface area contributed by atoms with E-state index in [1.807, 2.05) is 90.1 Å². The molecule has 9 heterocycles. The Morgan fingerprint density at radius 2 is 0.821 bits per heavy atom. The highest BCUT2D eigenvalue weighted by molar-refractivity contribution is 6.35. The molecule has 26 heteroatoms. The largest absolute Gasteiger partial charge is 0.507 e. The summed E-state index contributed by atoms with van der Waals surface area (Å²) >= 11 is 17.1. The predicted octanol–water partition coefficient (Wildman–Crippen LogP) is 12.8. The minimum atomic E-state index is 0.0557. The van der Waals surface area contributed by atoms with E-state index in [0.717, 1.165) is 72.4 Å². The quantitative estimate of drug-likeness (QED) is 0.0662. The van der Waals surface area contributed by atoms with Crippen LogP contribution < -0.4 is 14.8 Å². The molecule has 0 saturated carbocycles. The van der Waals surface area contributed by atoms with E-state index in [4.69, 9.17) is 49.5 Å². The molecule has 0 bridgehead atoms. The van der Waals surface area contributed by atoms with Crippen LogP contribution in [0.25, 0.3) is 66.9 Å². The van der Waals surface area contributed by atoms with Crippen molar-refractivity contribution in [2.45, 2.75) is 41.5 Å². The number of aromatic amines is 3. The summed E-state index contributed by atoms with van der Waals surface area (Å²) in [6.07, 6.45) is 10.6. The van der Waals surface area contributed by atoms with Crippen LogP contribution in [0.2, 0.25) is 15.7 Å². The molecule has 0 aliphatic carbocycles. The molecule has 0 atom stereocenters. The van der Waals surface area contributed by atoms with Crippen molar-refractivity contribution in [2.24, 2.45) is 0 Å². The Hall–Kier alpha value is -10.7. The highest BCUT2D eigenvalue weighted by Crippen LogP contribution is 2.37. The third-order valence-corrected chi connectivity index (χ3v) is 13.1. The van der Waals surface area contributed by atoms with Gasteiger partial charge in [-0.2, -0.15) is 50.9 Å². The number of ether oxygens (including phenoxy) is 2. The summed E-state index contributed by atoms with van der Waals surface area (Å²) in [6.45, 7) is 11.8. The van der Waals surface area contributed by atoms with Crippen LogP contribution in [-0.2, 0) is 0 Å². The number of halogens is 3. The lowest BCUT2D eigenvalue weighted by Crippen LogP contribution is -2.01. The third kappa shape index (κ3) is 13.2. The number of benzene rings is 4. The van der Waals surface area contributed by atoms with Crippen LogP contribution in [0.3, 0.4) is 0 Å². The van der Waals surface area contributed by atoms with Crippen LogP contribution >= 0.6 is 34.8 Å². The zero-order chi connectivity index (χ0) is 58.9. The number of phenolic OH excluding ortho intramolecular Hbond substituents is 1. The summed E-state index contributed by atoms with van der Waals surface area (Å²) in [6, 6.07) is 33.1. The number of phenols is 1. The molecule has 9 aromatic heterocycles. The Morgan fingerprint density at radius 3 is 1.26 bits per heavy atom. The second-order valence-electron chi connectivity index (χ2n) is 18.5. The number of rotatable bonds is 9. The van der Waals surface area contributed by atoms with Gasteiger partial charge >= 0.3 is 0 Å². The minimum absolute atomic E-state index is 0.0557. The van der Waals surface area contributed by atoms with E-state index in [0.29, 0.717) is 62.3 Å². The molecule has 0 unspecified atom stereocenters. The molecule has 0 amide bonds. The highest BCUT2D eigenvalue weighted by Gasteiger charge is 2.19. The molecule has 23 nitrogen and oxygen atoms in total. The van der Waals surface area contributed by atoms with E-state index in [-0.39, 0.29) is 27.5 Å². The fraction of sp³-hybridized carbons (Fsp3) is 0.103. The van der Waals surface area contributed by atoms with Gasteiger partial charge in [0.05, 0.1) is 11.6 Å². The maximum atomic E-state index is 9.67. The van der Waals surface area contributed by atoms with Crippen LogP contribution in [0.15, 0.2) is 134 Å². The number of H-pyrrole nitrogens is 3. The topological polar surface area (TPSA) is 315 Å². The Labute approximate surface area is 492 Å². The molecule has 416 valence electrons. The van der Waals surface area contributed by atoms with Crippen molar-refractivity contribution in [1.29, 1.82) is 5.26 Å². The molecule has 13 aromatic rings. The Morgan fingerprint density at radius 1 is 0.440 bits per heavy atom. The normalized spacial score (nSPS) is 10.7. The van der Waals surface area contributed by atoms with Gasteiger partial charge in [0.2, 0.25) is 33.5 Å². The van der Waals surface area contributed by atoms with Crippen LogP contribution in [0.4, 0.5) is 11.6 Å². The molecule has 0 spiro atoms. The number of aryl methyl sites for hydroxylation is 6. The van der Waals surface area contributed by atoms with Gasteiger partial charge in [-0.3, -0.25) is 15.0 Å². The number of fused-ring (bicyclic) bond motifs is 3. The van der Waals surface area contributed by atoms with Crippen molar-refractivity contribution >= 4 is 79.9 Å². The monoisotopic (exact) mass is 1170 g/mol. The van der Waals surface area contributed by atoms with Crippen molar-refractivity contribution in [3.8, 4) is 68.5 Å². The lowest BCUT2D eigenvalue weighted by Gasteiger charge is -2.14. The first-order chi connectivity index (χ1) is 40.7. The maximum Gasteiger partial charge on any atom is 0.254 e. The van der Waals surface area contributed by atoms with Crippen LogP contribution in [0, 0.1) is 52.9 Å². The van der Waals surface area contributed by atoms with Gasteiger partial charge in [-0.05, 0) is 229 Å². The summed E-state index contributed by atoms with van der Waals surface area (Å²) < 4.78 is 12.3. The molecule has 5 N–H and O–H groups in total. The van der Waals surface area contributed by atoms with Gasteiger partial charge < -0.3 is 19.9 Å². The second-order valence-corrected chi connectivity index (χ2v) is 19.5. The number of nitrogens with zero attached hydrogens (tertiary/aromatic N) is 16. The van der Waals surface area contributed by atoms with Crippen molar-refractivity contribution in [1.82, 2.24) is 91.1 Å². The fourth-order valence-electron chi connectivity index (χ4n) is 8.57. The van der Waals surface area contributed by atoms with Gasteiger partial charge in [0.1, 0.15) is 17.2 Å². The predicted molar refractivity (Wildman–Crippen MR) is 317 cm³/mol. The van der Waals surface area contributed by atoms with Crippen LogP contribution in [0.5, 0.6) is 29.0 Å². The van der Waals surface area contributed by atoms with E-state index in [2.05, 4.69) is 127 Å². The van der Waals surface area contributed by atoms with Crippen molar-refractivity contribution < 1.29 is 14.6 Å².